The molecule has 0 saturated heterocycles. The molecule has 0 bridgehead atoms. The first-order valence-corrected chi connectivity index (χ1v) is 8.41. The maximum Gasteiger partial charge on any atom is 0.231 e. The summed E-state index contributed by atoms with van der Waals surface area (Å²) in [6.45, 7) is 0. The number of carbonyl (C=O) groups excluding carboxylic acids is 1. The van der Waals surface area contributed by atoms with E-state index in [4.69, 9.17) is 0 Å². The molecule has 7 heteroatoms. The number of hydrogen-bond acceptors (Lipinski definition) is 5. The second-order valence-corrected chi connectivity index (χ2v) is 6.06. The van der Waals surface area contributed by atoms with Crippen molar-refractivity contribution < 1.29 is 4.79 Å². The van der Waals surface area contributed by atoms with Crippen LogP contribution in [-0.4, -0.2) is 30.9 Å². The quantitative estimate of drug-likeness (QED) is 0.741. The SMILES string of the molecule is O=C(CC1=CCCCC1)Nc1nccc(-n2nnc3ccccc32)n1. The van der Waals surface area contributed by atoms with Crippen LogP contribution < -0.4 is 5.32 Å². The molecule has 1 aliphatic carbocycles. The zero-order valence-corrected chi connectivity index (χ0v) is 13.7. The fourth-order valence-electron chi connectivity index (χ4n) is 3.01. The van der Waals surface area contributed by atoms with Crippen LogP contribution in [0, 0.1) is 0 Å². The van der Waals surface area contributed by atoms with Gasteiger partial charge in [-0.25, -0.2) is 4.98 Å². The van der Waals surface area contributed by atoms with Gasteiger partial charge in [-0.2, -0.15) is 9.67 Å². The number of para-hydroxylation sites is 1. The van der Waals surface area contributed by atoms with Crippen molar-refractivity contribution in [1.82, 2.24) is 25.0 Å². The summed E-state index contributed by atoms with van der Waals surface area (Å²) in [5.41, 5.74) is 2.84. The van der Waals surface area contributed by atoms with Crippen molar-refractivity contribution in [1.29, 1.82) is 0 Å². The van der Waals surface area contributed by atoms with Gasteiger partial charge < -0.3 is 0 Å². The fraction of sp³-hybridized carbons (Fsp3) is 0.278. The molecular formula is C18H18N6O. The van der Waals surface area contributed by atoms with Gasteiger partial charge in [0.1, 0.15) is 5.52 Å². The number of hydrogen-bond donors (Lipinski definition) is 1. The van der Waals surface area contributed by atoms with Gasteiger partial charge in [0.2, 0.25) is 11.9 Å². The van der Waals surface area contributed by atoms with Crippen LogP contribution in [-0.2, 0) is 4.79 Å². The Morgan fingerprint density at radius 1 is 1.20 bits per heavy atom. The Hall–Kier alpha value is -3.09. The third-order valence-electron chi connectivity index (χ3n) is 4.23. The molecule has 1 N–H and O–H groups in total. The molecule has 0 fully saturated rings. The summed E-state index contributed by atoms with van der Waals surface area (Å²) < 4.78 is 1.64. The van der Waals surface area contributed by atoms with Crippen LogP contribution >= 0.6 is 0 Å². The molecule has 0 atom stereocenters. The lowest BCUT2D eigenvalue weighted by molar-refractivity contribution is -0.115. The van der Waals surface area contributed by atoms with E-state index in [0.29, 0.717) is 12.2 Å². The molecule has 126 valence electrons. The van der Waals surface area contributed by atoms with Gasteiger partial charge >= 0.3 is 0 Å². The lowest BCUT2D eigenvalue weighted by Crippen LogP contribution is -2.16. The Morgan fingerprint density at radius 3 is 3.00 bits per heavy atom. The van der Waals surface area contributed by atoms with E-state index in [1.54, 1.807) is 16.9 Å². The minimum atomic E-state index is -0.0891. The second-order valence-electron chi connectivity index (χ2n) is 6.06. The topological polar surface area (TPSA) is 85.6 Å². The Morgan fingerprint density at radius 2 is 2.12 bits per heavy atom. The van der Waals surface area contributed by atoms with Crippen LogP contribution in [0.5, 0.6) is 0 Å². The number of allylic oxidation sites excluding steroid dienone is 1. The molecule has 1 aliphatic rings. The predicted molar refractivity (Wildman–Crippen MR) is 94.3 cm³/mol. The highest BCUT2D eigenvalue weighted by atomic mass is 16.1. The number of aromatic nitrogens is 5. The predicted octanol–water partition coefficient (Wildman–Crippen LogP) is 3.04. The second kappa shape index (κ2) is 6.80. The standard InChI is InChI=1S/C18H18N6O/c25-17(12-13-6-2-1-3-7-13)21-18-19-11-10-16(20-18)24-15-9-5-4-8-14(15)22-23-24/h4-6,8-11H,1-3,7,12H2,(H,19,20,21,25). The molecule has 0 radical (unpaired) electrons. The molecule has 1 aromatic carbocycles. The number of anilines is 1. The molecular weight excluding hydrogens is 316 g/mol. The van der Waals surface area contributed by atoms with Gasteiger partial charge in [-0.05, 0) is 37.8 Å². The van der Waals surface area contributed by atoms with Crippen molar-refractivity contribution in [2.24, 2.45) is 0 Å². The number of fused-ring (bicyclic) bond motifs is 1. The van der Waals surface area contributed by atoms with E-state index in [-0.39, 0.29) is 11.9 Å². The maximum absolute atomic E-state index is 12.2. The van der Waals surface area contributed by atoms with E-state index in [0.717, 1.165) is 30.3 Å². The Balaban J connectivity index is 1.53. The van der Waals surface area contributed by atoms with Gasteiger partial charge in [0.15, 0.2) is 5.82 Å². The van der Waals surface area contributed by atoms with Gasteiger partial charge in [0, 0.05) is 18.7 Å². The molecule has 4 rings (SSSR count). The van der Waals surface area contributed by atoms with E-state index < -0.39 is 0 Å². The Bertz CT molecular complexity index is 945. The van der Waals surface area contributed by atoms with E-state index in [2.05, 4.69) is 31.7 Å². The lowest BCUT2D eigenvalue weighted by atomic mass is 9.97. The van der Waals surface area contributed by atoms with Gasteiger partial charge in [-0.15, -0.1) is 5.10 Å². The molecule has 1 amide bonds. The lowest BCUT2D eigenvalue weighted by Gasteiger charge is -2.12. The van der Waals surface area contributed by atoms with Gasteiger partial charge in [-0.1, -0.05) is 29.0 Å². The molecule has 0 saturated carbocycles. The van der Waals surface area contributed by atoms with Crippen molar-refractivity contribution in [2.75, 3.05) is 5.32 Å². The minimum absolute atomic E-state index is 0.0891. The monoisotopic (exact) mass is 334 g/mol. The molecule has 25 heavy (non-hydrogen) atoms. The summed E-state index contributed by atoms with van der Waals surface area (Å²) in [6.07, 6.45) is 8.61. The number of nitrogens with one attached hydrogen (secondary N) is 1. The third-order valence-corrected chi connectivity index (χ3v) is 4.23. The molecule has 7 nitrogen and oxygen atoms in total. The smallest absolute Gasteiger partial charge is 0.231 e. The largest absolute Gasteiger partial charge is 0.294 e. The molecule has 3 aromatic rings. The third kappa shape index (κ3) is 3.40. The molecule has 2 heterocycles. The van der Waals surface area contributed by atoms with Crippen molar-refractivity contribution in [3.63, 3.8) is 0 Å². The summed E-state index contributed by atoms with van der Waals surface area (Å²) in [7, 11) is 0. The normalized spacial score (nSPS) is 14.3. The first-order valence-electron chi connectivity index (χ1n) is 8.41. The van der Waals surface area contributed by atoms with Crippen LogP contribution in [0.15, 0.2) is 48.2 Å². The number of amides is 1. The summed E-state index contributed by atoms with van der Waals surface area (Å²) in [5, 5.41) is 11.0. The maximum atomic E-state index is 12.2. The highest BCUT2D eigenvalue weighted by Crippen LogP contribution is 2.20. The van der Waals surface area contributed by atoms with E-state index in [1.807, 2.05) is 24.3 Å². The first-order chi connectivity index (χ1) is 12.3. The van der Waals surface area contributed by atoms with Gasteiger partial charge in [0.05, 0.1) is 5.52 Å². The Kier molecular flexibility index (Phi) is 4.20. The summed E-state index contributed by atoms with van der Waals surface area (Å²) in [6, 6.07) is 9.38. The highest BCUT2D eigenvalue weighted by Gasteiger charge is 2.12. The zero-order valence-electron chi connectivity index (χ0n) is 13.7. The van der Waals surface area contributed by atoms with Crippen LogP contribution in [0.25, 0.3) is 16.9 Å². The average molecular weight is 334 g/mol. The summed E-state index contributed by atoms with van der Waals surface area (Å²) in [4.78, 5) is 20.8. The molecule has 0 unspecified atom stereocenters. The molecule has 0 aliphatic heterocycles. The highest BCUT2D eigenvalue weighted by molar-refractivity contribution is 5.90. The van der Waals surface area contributed by atoms with Crippen molar-refractivity contribution in [2.45, 2.75) is 32.1 Å². The van der Waals surface area contributed by atoms with Crippen molar-refractivity contribution >= 4 is 22.9 Å². The minimum Gasteiger partial charge on any atom is -0.294 e. The van der Waals surface area contributed by atoms with E-state index in [9.17, 15) is 4.79 Å². The van der Waals surface area contributed by atoms with Crippen molar-refractivity contribution in [3.05, 3.63) is 48.2 Å². The zero-order chi connectivity index (χ0) is 17.1. The van der Waals surface area contributed by atoms with Crippen LogP contribution in [0.4, 0.5) is 5.95 Å². The van der Waals surface area contributed by atoms with E-state index in [1.165, 1.54) is 12.0 Å². The van der Waals surface area contributed by atoms with Crippen LogP contribution in [0.1, 0.15) is 32.1 Å². The van der Waals surface area contributed by atoms with Gasteiger partial charge in [0.25, 0.3) is 0 Å². The summed E-state index contributed by atoms with van der Waals surface area (Å²) >= 11 is 0. The van der Waals surface area contributed by atoms with Crippen LogP contribution in [0.2, 0.25) is 0 Å². The Labute approximate surface area is 144 Å². The van der Waals surface area contributed by atoms with Crippen molar-refractivity contribution in [3.8, 4) is 5.82 Å². The number of carbonyl (C=O) groups is 1. The average Bonchev–Trinajstić information content (AvgIpc) is 3.07. The molecule has 0 spiro atoms. The number of benzene rings is 1. The fourth-order valence-corrected chi connectivity index (χ4v) is 3.01. The summed E-state index contributed by atoms with van der Waals surface area (Å²) in [5.74, 6) is 0.753. The number of nitrogens with zero attached hydrogens (tertiary/aromatic N) is 5. The first kappa shape index (κ1) is 15.4. The number of rotatable bonds is 4. The van der Waals surface area contributed by atoms with Crippen LogP contribution in [0.3, 0.4) is 0 Å². The van der Waals surface area contributed by atoms with E-state index >= 15 is 0 Å². The van der Waals surface area contributed by atoms with Gasteiger partial charge in [-0.3, -0.25) is 10.1 Å². The molecule has 2 aromatic heterocycles.